The molecule has 0 atom stereocenters. The third-order valence-electron chi connectivity index (χ3n) is 4.22. The van der Waals surface area contributed by atoms with E-state index in [1.54, 1.807) is 31.2 Å². The van der Waals surface area contributed by atoms with Gasteiger partial charge in [-0.25, -0.2) is 9.59 Å². The van der Waals surface area contributed by atoms with Crippen molar-refractivity contribution >= 4 is 27.7 Å². The van der Waals surface area contributed by atoms with E-state index in [1.807, 2.05) is 18.2 Å². The van der Waals surface area contributed by atoms with Gasteiger partial charge in [0.15, 0.2) is 0 Å². The van der Waals surface area contributed by atoms with Crippen LogP contribution in [0.1, 0.15) is 21.9 Å². The predicted molar refractivity (Wildman–Crippen MR) is 94.7 cm³/mol. The predicted octanol–water partition coefficient (Wildman–Crippen LogP) is 4.12. The van der Waals surface area contributed by atoms with Gasteiger partial charge in [-0.1, -0.05) is 18.2 Å². The van der Waals surface area contributed by atoms with Crippen molar-refractivity contribution in [2.75, 3.05) is 0 Å². The maximum absolute atomic E-state index is 12.1. The summed E-state index contributed by atoms with van der Waals surface area (Å²) in [6.45, 7) is 1.82. The van der Waals surface area contributed by atoms with Gasteiger partial charge in [0.1, 0.15) is 23.7 Å². The Labute approximate surface area is 147 Å². The van der Waals surface area contributed by atoms with Crippen LogP contribution in [0.4, 0.5) is 0 Å². The van der Waals surface area contributed by atoms with Crippen molar-refractivity contribution in [3.63, 3.8) is 0 Å². The molecule has 0 unspecified atom stereocenters. The molecule has 0 spiro atoms. The fourth-order valence-electron chi connectivity index (χ4n) is 2.88. The van der Waals surface area contributed by atoms with Crippen LogP contribution in [0, 0.1) is 6.92 Å². The molecule has 0 bridgehead atoms. The van der Waals surface area contributed by atoms with E-state index in [9.17, 15) is 9.59 Å². The van der Waals surface area contributed by atoms with E-state index in [2.05, 4.69) is 0 Å². The number of hydrogen-bond donors (Lipinski definition) is 1. The standard InChI is InChI=1S/C20H14O6/c1-11-12(8-18(25-11)19(21)22)10-24-13-6-7-15-14-4-2-3-5-16(14)20(23)26-17(15)9-13/h2-9H,10H2,1H3,(H,21,22). The zero-order chi connectivity index (χ0) is 18.3. The number of rotatable bonds is 4. The zero-order valence-corrected chi connectivity index (χ0v) is 13.8. The molecule has 130 valence electrons. The molecule has 0 aliphatic heterocycles. The van der Waals surface area contributed by atoms with E-state index in [-0.39, 0.29) is 12.4 Å². The highest BCUT2D eigenvalue weighted by Gasteiger charge is 2.14. The Kier molecular flexibility index (Phi) is 3.73. The lowest BCUT2D eigenvalue weighted by Crippen LogP contribution is -2.00. The molecule has 1 N–H and O–H groups in total. The molecule has 0 saturated heterocycles. The molecule has 2 heterocycles. The van der Waals surface area contributed by atoms with Crippen molar-refractivity contribution in [1.29, 1.82) is 0 Å². The third-order valence-corrected chi connectivity index (χ3v) is 4.22. The highest BCUT2D eigenvalue weighted by molar-refractivity contribution is 6.04. The molecular formula is C20H14O6. The number of fused-ring (bicyclic) bond motifs is 3. The van der Waals surface area contributed by atoms with Gasteiger partial charge in [-0.2, -0.15) is 0 Å². The monoisotopic (exact) mass is 350 g/mol. The number of aromatic carboxylic acids is 1. The Morgan fingerprint density at radius 3 is 2.54 bits per heavy atom. The number of carboxylic acid groups (broad SMARTS) is 1. The Hall–Kier alpha value is -3.54. The van der Waals surface area contributed by atoms with E-state index in [0.29, 0.717) is 28.0 Å². The number of hydrogen-bond acceptors (Lipinski definition) is 5. The van der Waals surface area contributed by atoms with Crippen LogP contribution in [-0.2, 0) is 6.61 Å². The third kappa shape index (κ3) is 2.71. The first kappa shape index (κ1) is 16.0. The van der Waals surface area contributed by atoms with Crippen LogP contribution in [0.15, 0.2) is 62.2 Å². The molecule has 26 heavy (non-hydrogen) atoms. The van der Waals surface area contributed by atoms with Crippen molar-refractivity contribution in [3.05, 3.63) is 76.0 Å². The average molecular weight is 350 g/mol. The number of ether oxygens (including phenoxy) is 1. The lowest BCUT2D eigenvalue weighted by Gasteiger charge is -2.07. The molecule has 0 amide bonds. The van der Waals surface area contributed by atoms with Crippen LogP contribution in [-0.4, -0.2) is 11.1 Å². The largest absolute Gasteiger partial charge is 0.489 e. The van der Waals surface area contributed by atoms with Crippen molar-refractivity contribution in [2.45, 2.75) is 13.5 Å². The average Bonchev–Trinajstić information content (AvgIpc) is 3.01. The van der Waals surface area contributed by atoms with Gasteiger partial charge >= 0.3 is 11.6 Å². The lowest BCUT2D eigenvalue weighted by atomic mass is 10.1. The summed E-state index contributed by atoms with van der Waals surface area (Å²) < 4.78 is 16.3. The van der Waals surface area contributed by atoms with Crippen LogP contribution >= 0.6 is 0 Å². The van der Waals surface area contributed by atoms with Gasteiger partial charge in [-0.3, -0.25) is 0 Å². The Morgan fingerprint density at radius 2 is 1.81 bits per heavy atom. The van der Waals surface area contributed by atoms with Gasteiger partial charge in [-0.05, 0) is 36.6 Å². The SMILES string of the molecule is Cc1oc(C(=O)O)cc1COc1ccc2c(c1)oc(=O)c1ccccc12. The minimum absolute atomic E-state index is 0.128. The summed E-state index contributed by atoms with van der Waals surface area (Å²) in [7, 11) is 0. The number of carbonyl (C=O) groups is 1. The molecule has 6 nitrogen and oxygen atoms in total. The second-order valence-corrected chi connectivity index (χ2v) is 5.88. The molecule has 2 aromatic carbocycles. The van der Waals surface area contributed by atoms with Gasteiger partial charge in [0, 0.05) is 17.0 Å². The summed E-state index contributed by atoms with van der Waals surface area (Å²) in [6, 6.07) is 14.0. The molecule has 0 saturated carbocycles. The van der Waals surface area contributed by atoms with Gasteiger partial charge in [0.05, 0.1) is 5.39 Å². The Balaban J connectivity index is 1.67. The highest BCUT2D eigenvalue weighted by atomic mass is 16.5. The number of benzene rings is 2. The molecule has 4 aromatic rings. The minimum Gasteiger partial charge on any atom is -0.489 e. The molecule has 2 aromatic heterocycles. The number of aryl methyl sites for hydroxylation is 1. The number of furan rings is 1. The molecule has 6 heteroatoms. The second-order valence-electron chi connectivity index (χ2n) is 5.88. The maximum Gasteiger partial charge on any atom is 0.371 e. The molecule has 0 aliphatic rings. The van der Waals surface area contributed by atoms with Crippen LogP contribution in [0.3, 0.4) is 0 Å². The summed E-state index contributed by atoms with van der Waals surface area (Å²) in [5, 5.41) is 11.1. The topological polar surface area (TPSA) is 89.9 Å². The van der Waals surface area contributed by atoms with E-state index >= 15 is 0 Å². The summed E-state index contributed by atoms with van der Waals surface area (Å²) in [5.41, 5.74) is 0.672. The molecule has 0 fully saturated rings. The zero-order valence-electron chi connectivity index (χ0n) is 13.8. The van der Waals surface area contributed by atoms with Crippen LogP contribution in [0.5, 0.6) is 5.75 Å². The maximum atomic E-state index is 12.1. The van der Waals surface area contributed by atoms with Crippen molar-refractivity contribution in [1.82, 2.24) is 0 Å². The smallest absolute Gasteiger partial charge is 0.371 e. The fraction of sp³-hybridized carbons (Fsp3) is 0.100. The molecule has 0 aliphatic carbocycles. The van der Waals surface area contributed by atoms with Crippen LogP contribution in [0.2, 0.25) is 0 Å². The molecule has 4 rings (SSSR count). The minimum atomic E-state index is -1.13. The van der Waals surface area contributed by atoms with Crippen molar-refractivity contribution < 1.29 is 23.5 Å². The summed E-state index contributed by atoms with van der Waals surface area (Å²) >= 11 is 0. The van der Waals surface area contributed by atoms with Crippen molar-refractivity contribution in [3.8, 4) is 5.75 Å². The molecule has 0 radical (unpaired) electrons. The highest BCUT2D eigenvalue weighted by Crippen LogP contribution is 2.27. The van der Waals surface area contributed by atoms with E-state index in [0.717, 1.165) is 10.8 Å². The van der Waals surface area contributed by atoms with E-state index < -0.39 is 11.6 Å². The van der Waals surface area contributed by atoms with Gasteiger partial charge < -0.3 is 18.7 Å². The van der Waals surface area contributed by atoms with Crippen molar-refractivity contribution in [2.24, 2.45) is 0 Å². The number of carboxylic acids is 1. The summed E-state index contributed by atoms with van der Waals surface area (Å²) in [5.74, 6) is -0.259. The quantitative estimate of drug-likeness (QED) is 0.440. The summed E-state index contributed by atoms with van der Waals surface area (Å²) in [4.78, 5) is 23.1. The van der Waals surface area contributed by atoms with E-state index in [4.69, 9.17) is 18.7 Å². The second kappa shape index (κ2) is 6.07. The van der Waals surface area contributed by atoms with Crippen LogP contribution < -0.4 is 10.4 Å². The Bertz CT molecular complexity index is 1200. The normalized spacial score (nSPS) is 11.1. The first-order valence-corrected chi connectivity index (χ1v) is 7.94. The van der Waals surface area contributed by atoms with Gasteiger partial charge in [-0.15, -0.1) is 0 Å². The van der Waals surface area contributed by atoms with E-state index in [1.165, 1.54) is 6.07 Å². The van der Waals surface area contributed by atoms with Gasteiger partial charge in [0.25, 0.3) is 0 Å². The first-order chi connectivity index (χ1) is 12.5. The Morgan fingerprint density at radius 1 is 1.04 bits per heavy atom. The van der Waals surface area contributed by atoms with Gasteiger partial charge in [0.2, 0.25) is 5.76 Å². The first-order valence-electron chi connectivity index (χ1n) is 7.94. The molecular weight excluding hydrogens is 336 g/mol. The fourth-order valence-corrected chi connectivity index (χ4v) is 2.88. The summed E-state index contributed by atoms with van der Waals surface area (Å²) in [6.07, 6.45) is 0. The lowest BCUT2D eigenvalue weighted by molar-refractivity contribution is 0.0661. The van der Waals surface area contributed by atoms with Crippen LogP contribution in [0.25, 0.3) is 21.7 Å².